The summed E-state index contributed by atoms with van der Waals surface area (Å²) in [5.74, 6) is -0.275. The summed E-state index contributed by atoms with van der Waals surface area (Å²) in [6.07, 6.45) is 6.02. The average Bonchev–Trinajstić information content (AvgIpc) is 2.81. The Morgan fingerprint density at radius 1 is 0.938 bits per heavy atom. The highest BCUT2D eigenvalue weighted by Gasteiger charge is 2.37. The summed E-state index contributed by atoms with van der Waals surface area (Å²) < 4.78 is 15.0. The van der Waals surface area contributed by atoms with E-state index in [1.54, 1.807) is 10.6 Å². The summed E-state index contributed by atoms with van der Waals surface area (Å²) in [4.78, 5) is 40.5. The molecule has 1 aliphatic carbocycles. The fourth-order valence-electron chi connectivity index (χ4n) is 5.58. The van der Waals surface area contributed by atoms with Gasteiger partial charge >= 0.3 is 0 Å². The largest absolute Gasteiger partial charge is 0.338 e. The van der Waals surface area contributed by atoms with Crippen LogP contribution in [0.25, 0.3) is 0 Å². The lowest BCUT2D eigenvalue weighted by molar-refractivity contribution is -0.120. The molecule has 6 nitrogen and oxygen atoms in total. The number of aromatic nitrogens is 1. The number of carbonyl (C=O) groups excluding carboxylic acids is 2. The number of amides is 2. The third-order valence-corrected chi connectivity index (χ3v) is 7.22. The van der Waals surface area contributed by atoms with Crippen molar-refractivity contribution in [1.82, 2.24) is 9.47 Å². The number of hydrogen-bond acceptors (Lipinski definition) is 3. The Balaban J connectivity index is 1.34. The van der Waals surface area contributed by atoms with Crippen molar-refractivity contribution in [3.63, 3.8) is 0 Å². The number of rotatable bonds is 3. The summed E-state index contributed by atoms with van der Waals surface area (Å²) in [6, 6.07) is 9.27. The van der Waals surface area contributed by atoms with Gasteiger partial charge in [-0.1, -0.05) is 19.3 Å². The van der Waals surface area contributed by atoms with Crippen LogP contribution in [0.4, 0.5) is 10.1 Å². The minimum absolute atomic E-state index is 0.00500. The first kappa shape index (κ1) is 20.9. The van der Waals surface area contributed by atoms with Gasteiger partial charge in [-0.3, -0.25) is 14.4 Å². The zero-order chi connectivity index (χ0) is 22.2. The maximum atomic E-state index is 13.2. The topological polar surface area (TPSA) is 71.4 Å². The van der Waals surface area contributed by atoms with Crippen LogP contribution in [0, 0.1) is 17.7 Å². The van der Waals surface area contributed by atoms with Crippen molar-refractivity contribution in [3.8, 4) is 0 Å². The van der Waals surface area contributed by atoms with Gasteiger partial charge in [0.25, 0.3) is 11.5 Å². The molecule has 5 rings (SSSR count). The molecule has 1 aromatic carbocycles. The second-order valence-electron chi connectivity index (χ2n) is 9.43. The first-order valence-electron chi connectivity index (χ1n) is 11.6. The predicted octanol–water partition coefficient (Wildman–Crippen LogP) is 3.77. The summed E-state index contributed by atoms with van der Waals surface area (Å²) >= 11 is 0. The maximum absolute atomic E-state index is 13.2. The molecule has 0 unspecified atom stereocenters. The standard InChI is InChI=1S/C25H28FN3O3/c26-20-8-6-18(7-9-20)24(31)28-13-16-12-19(15-28)22-11-10-21(25(32)29(22)14-16)27-23(30)17-4-2-1-3-5-17/h6-11,16-17,19H,1-5,12-15H2,(H,27,30)/t16-,19-/m1/s1. The van der Waals surface area contributed by atoms with E-state index in [2.05, 4.69) is 5.32 Å². The van der Waals surface area contributed by atoms with Gasteiger partial charge in [0.05, 0.1) is 0 Å². The number of pyridine rings is 1. The Morgan fingerprint density at radius 2 is 1.69 bits per heavy atom. The van der Waals surface area contributed by atoms with Gasteiger partial charge in [-0.05, 0) is 61.6 Å². The van der Waals surface area contributed by atoms with Crippen LogP contribution in [-0.4, -0.2) is 34.4 Å². The second kappa shape index (κ2) is 8.52. The van der Waals surface area contributed by atoms with Gasteiger partial charge in [-0.25, -0.2) is 4.39 Å². The van der Waals surface area contributed by atoms with Crippen LogP contribution in [0.3, 0.4) is 0 Å². The predicted molar refractivity (Wildman–Crippen MR) is 119 cm³/mol. The van der Waals surface area contributed by atoms with Gasteiger partial charge in [0.2, 0.25) is 5.91 Å². The van der Waals surface area contributed by atoms with Crippen LogP contribution in [0.1, 0.15) is 60.5 Å². The quantitative estimate of drug-likeness (QED) is 0.795. The Hall–Kier alpha value is -2.96. The van der Waals surface area contributed by atoms with Crippen LogP contribution in [0.2, 0.25) is 0 Å². The molecule has 1 saturated carbocycles. The zero-order valence-electron chi connectivity index (χ0n) is 18.1. The van der Waals surface area contributed by atoms with Crippen molar-refractivity contribution in [2.75, 3.05) is 18.4 Å². The van der Waals surface area contributed by atoms with Crippen molar-refractivity contribution in [3.05, 3.63) is 63.8 Å². The number of piperidine rings is 1. The Bertz CT molecular complexity index is 1090. The molecule has 7 heteroatoms. The summed E-state index contributed by atoms with van der Waals surface area (Å²) in [6.45, 7) is 1.63. The SMILES string of the molecule is O=C(Nc1ccc2n(c1=O)C[C@@H]1C[C@@H]2CN(C(=O)c2ccc(F)cc2)C1)C1CCCCC1. The highest BCUT2D eigenvalue weighted by Crippen LogP contribution is 2.36. The van der Waals surface area contributed by atoms with Gasteiger partial charge in [-0.15, -0.1) is 0 Å². The van der Waals surface area contributed by atoms with E-state index in [1.807, 2.05) is 11.0 Å². The molecule has 168 valence electrons. The van der Waals surface area contributed by atoms with E-state index in [0.29, 0.717) is 30.9 Å². The number of halogens is 1. The van der Waals surface area contributed by atoms with E-state index < -0.39 is 0 Å². The molecule has 32 heavy (non-hydrogen) atoms. The van der Waals surface area contributed by atoms with Crippen LogP contribution >= 0.6 is 0 Å². The number of benzene rings is 1. The summed E-state index contributed by atoms with van der Waals surface area (Å²) in [5.41, 5.74) is 1.59. The molecule has 1 N–H and O–H groups in total. The van der Waals surface area contributed by atoms with Gasteiger partial charge in [0.1, 0.15) is 11.5 Å². The monoisotopic (exact) mass is 437 g/mol. The van der Waals surface area contributed by atoms with Gasteiger partial charge in [0, 0.05) is 42.7 Å². The second-order valence-corrected chi connectivity index (χ2v) is 9.43. The molecular weight excluding hydrogens is 409 g/mol. The van der Waals surface area contributed by atoms with Crippen LogP contribution < -0.4 is 10.9 Å². The van der Waals surface area contributed by atoms with Crippen molar-refractivity contribution < 1.29 is 14.0 Å². The van der Waals surface area contributed by atoms with Crippen LogP contribution in [-0.2, 0) is 11.3 Å². The molecule has 2 bridgehead atoms. The number of hydrogen-bond donors (Lipinski definition) is 1. The smallest absolute Gasteiger partial charge is 0.274 e. The molecule has 0 spiro atoms. The molecule has 1 aromatic heterocycles. The van der Waals surface area contributed by atoms with E-state index >= 15 is 0 Å². The molecule has 2 fully saturated rings. The third kappa shape index (κ3) is 3.96. The Kier molecular flexibility index (Phi) is 5.57. The molecule has 0 radical (unpaired) electrons. The molecule has 2 atom stereocenters. The normalized spacial score (nSPS) is 22.8. The van der Waals surface area contributed by atoms with E-state index in [0.717, 1.165) is 37.8 Å². The average molecular weight is 438 g/mol. The fourth-order valence-corrected chi connectivity index (χ4v) is 5.58. The van der Waals surface area contributed by atoms with Crippen LogP contribution in [0.5, 0.6) is 0 Å². The number of fused-ring (bicyclic) bond motifs is 4. The lowest BCUT2D eigenvalue weighted by atomic mass is 9.83. The fraction of sp³-hybridized carbons (Fsp3) is 0.480. The molecule has 1 saturated heterocycles. The Morgan fingerprint density at radius 3 is 2.44 bits per heavy atom. The molecule has 3 aliphatic rings. The van der Waals surface area contributed by atoms with E-state index in [-0.39, 0.29) is 40.9 Å². The highest BCUT2D eigenvalue weighted by atomic mass is 19.1. The molecule has 2 aromatic rings. The number of nitrogens with zero attached hydrogens (tertiary/aromatic N) is 2. The van der Waals surface area contributed by atoms with E-state index in [1.165, 1.54) is 30.7 Å². The van der Waals surface area contributed by atoms with E-state index in [9.17, 15) is 18.8 Å². The molecular formula is C25H28FN3O3. The lowest BCUT2D eigenvalue weighted by Crippen LogP contribution is -2.49. The van der Waals surface area contributed by atoms with Crippen molar-refractivity contribution in [2.24, 2.45) is 11.8 Å². The number of carbonyl (C=O) groups is 2. The molecule has 3 heterocycles. The van der Waals surface area contributed by atoms with Crippen molar-refractivity contribution in [2.45, 2.75) is 51.0 Å². The minimum atomic E-state index is -0.364. The maximum Gasteiger partial charge on any atom is 0.274 e. The van der Waals surface area contributed by atoms with Gasteiger partial charge in [0.15, 0.2) is 0 Å². The first-order valence-corrected chi connectivity index (χ1v) is 11.6. The summed E-state index contributed by atoms with van der Waals surface area (Å²) in [7, 11) is 0. The number of nitrogens with one attached hydrogen (secondary N) is 1. The third-order valence-electron chi connectivity index (χ3n) is 7.22. The lowest BCUT2D eigenvalue weighted by Gasteiger charge is -2.43. The number of likely N-dealkylation sites (tertiary alicyclic amines) is 1. The van der Waals surface area contributed by atoms with E-state index in [4.69, 9.17) is 0 Å². The van der Waals surface area contributed by atoms with Crippen molar-refractivity contribution in [1.29, 1.82) is 0 Å². The highest BCUT2D eigenvalue weighted by molar-refractivity contribution is 5.94. The van der Waals surface area contributed by atoms with Gasteiger partial charge in [-0.2, -0.15) is 0 Å². The zero-order valence-corrected chi connectivity index (χ0v) is 18.1. The minimum Gasteiger partial charge on any atom is -0.338 e. The number of anilines is 1. The summed E-state index contributed by atoms with van der Waals surface area (Å²) in [5, 5.41) is 2.88. The van der Waals surface area contributed by atoms with Crippen molar-refractivity contribution >= 4 is 17.5 Å². The molecule has 2 amide bonds. The molecule has 2 aliphatic heterocycles. The first-order chi connectivity index (χ1) is 15.5. The van der Waals surface area contributed by atoms with Crippen LogP contribution in [0.15, 0.2) is 41.2 Å². The Labute approximate surface area is 186 Å². The van der Waals surface area contributed by atoms with Gasteiger partial charge < -0.3 is 14.8 Å².